The fourth-order valence-electron chi connectivity index (χ4n) is 3.91. The van der Waals surface area contributed by atoms with Gasteiger partial charge in [-0.05, 0) is 72.3 Å². The standard InChI is InChI=1S/C23H44N4/c1-20(2,3)19-17-24-27(18-19)23(9,10)12-11-22(7,8)26-15-13-25(14-16-26)21(4,5)6/h17-18H,11-16H2,1-10H3. The highest BCUT2D eigenvalue weighted by Crippen LogP contribution is 2.31. The Bertz CT molecular complexity index is 605. The SMILES string of the molecule is CC(C)(C)c1cnn(C(C)(C)CCC(C)(C)N2CCN(C(C)(C)C)CC2)c1. The zero-order valence-electron chi connectivity index (χ0n) is 19.7. The van der Waals surface area contributed by atoms with Gasteiger partial charge in [-0.1, -0.05) is 20.8 Å². The number of hydrogen-bond acceptors (Lipinski definition) is 3. The Morgan fingerprint density at radius 3 is 1.67 bits per heavy atom. The number of hydrogen-bond donors (Lipinski definition) is 0. The third-order valence-corrected chi connectivity index (χ3v) is 6.50. The van der Waals surface area contributed by atoms with Gasteiger partial charge in [0.25, 0.3) is 0 Å². The molecule has 4 nitrogen and oxygen atoms in total. The van der Waals surface area contributed by atoms with Crippen LogP contribution in [0.2, 0.25) is 0 Å². The summed E-state index contributed by atoms with van der Waals surface area (Å²) in [6.45, 7) is 27.9. The molecular weight excluding hydrogens is 332 g/mol. The third kappa shape index (κ3) is 5.57. The number of aromatic nitrogens is 2. The average Bonchev–Trinajstić information content (AvgIpc) is 3.04. The highest BCUT2D eigenvalue weighted by Gasteiger charge is 2.34. The molecule has 0 N–H and O–H groups in total. The van der Waals surface area contributed by atoms with Crippen LogP contribution in [0.15, 0.2) is 12.4 Å². The van der Waals surface area contributed by atoms with Crippen molar-refractivity contribution in [2.75, 3.05) is 26.2 Å². The van der Waals surface area contributed by atoms with E-state index in [1.807, 2.05) is 6.20 Å². The van der Waals surface area contributed by atoms with E-state index >= 15 is 0 Å². The molecule has 156 valence electrons. The van der Waals surface area contributed by atoms with Crippen molar-refractivity contribution in [2.45, 2.75) is 104 Å². The van der Waals surface area contributed by atoms with Crippen LogP contribution in [0.5, 0.6) is 0 Å². The highest BCUT2D eigenvalue weighted by molar-refractivity contribution is 5.16. The van der Waals surface area contributed by atoms with E-state index in [1.165, 1.54) is 38.2 Å². The molecule has 27 heavy (non-hydrogen) atoms. The van der Waals surface area contributed by atoms with E-state index < -0.39 is 0 Å². The maximum atomic E-state index is 4.70. The average molecular weight is 377 g/mol. The van der Waals surface area contributed by atoms with Crippen LogP contribution in [0, 0.1) is 0 Å². The summed E-state index contributed by atoms with van der Waals surface area (Å²) in [4.78, 5) is 5.30. The van der Waals surface area contributed by atoms with Crippen molar-refractivity contribution >= 4 is 0 Å². The van der Waals surface area contributed by atoms with Gasteiger partial charge in [-0.2, -0.15) is 5.10 Å². The Morgan fingerprint density at radius 2 is 1.22 bits per heavy atom. The molecule has 0 bridgehead atoms. The summed E-state index contributed by atoms with van der Waals surface area (Å²) in [5, 5.41) is 4.70. The van der Waals surface area contributed by atoms with Crippen molar-refractivity contribution in [3.05, 3.63) is 18.0 Å². The van der Waals surface area contributed by atoms with Crippen LogP contribution in [-0.4, -0.2) is 56.8 Å². The van der Waals surface area contributed by atoms with Crippen LogP contribution in [0.1, 0.15) is 87.6 Å². The lowest BCUT2D eigenvalue weighted by atomic mass is 9.87. The Balaban J connectivity index is 1.97. The molecule has 2 heterocycles. The third-order valence-electron chi connectivity index (χ3n) is 6.50. The smallest absolute Gasteiger partial charge is 0.0572 e. The first-order chi connectivity index (χ1) is 12.1. The molecule has 0 radical (unpaired) electrons. The summed E-state index contributed by atoms with van der Waals surface area (Å²) >= 11 is 0. The predicted molar refractivity (Wildman–Crippen MR) is 116 cm³/mol. The molecule has 0 aromatic carbocycles. The fraction of sp³-hybridized carbons (Fsp3) is 0.870. The quantitative estimate of drug-likeness (QED) is 0.731. The van der Waals surface area contributed by atoms with E-state index in [-0.39, 0.29) is 22.0 Å². The largest absolute Gasteiger partial charge is 0.296 e. The lowest BCUT2D eigenvalue weighted by Crippen LogP contribution is -2.58. The molecule has 0 unspecified atom stereocenters. The van der Waals surface area contributed by atoms with Crippen LogP contribution < -0.4 is 0 Å². The molecule has 1 aromatic heterocycles. The van der Waals surface area contributed by atoms with Gasteiger partial charge >= 0.3 is 0 Å². The normalized spacial score (nSPS) is 18.9. The van der Waals surface area contributed by atoms with Crippen LogP contribution in [0.3, 0.4) is 0 Å². The van der Waals surface area contributed by atoms with E-state index in [0.29, 0.717) is 0 Å². The monoisotopic (exact) mass is 376 g/mol. The minimum absolute atomic E-state index is 0.0357. The molecule has 2 rings (SSSR count). The van der Waals surface area contributed by atoms with E-state index in [0.717, 1.165) is 6.42 Å². The molecule has 0 aliphatic carbocycles. The van der Waals surface area contributed by atoms with Gasteiger partial charge < -0.3 is 0 Å². The second-order valence-corrected chi connectivity index (χ2v) is 11.7. The minimum Gasteiger partial charge on any atom is -0.296 e. The van der Waals surface area contributed by atoms with Gasteiger partial charge in [-0.15, -0.1) is 0 Å². The van der Waals surface area contributed by atoms with Gasteiger partial charge in [0.15, 0.2) is 0 Å². The summed E-state index contributed by atoms with van der Waals surface area (Å²) < 4.78 is 2.18. The van der Waals surface area contributed by atoms with Gasteiger partial charge in [0.2, 0.25) is 0 Å². The number of rotatable bonds is 5. The molecular formula is C23H44N4. The van der Waals surface area contributed by atoms with Crippen LogP contribution in [-0.2, 0) is 11.0 Å². The van der Waals surface area contributed by atoms with Crippen molar-refractivity contribution in [3.8, 4) is 0 Å². The second-order valence-electron chi connectivity index (χ2n) is 11.7. The van der Waals surface area contributed by atoms with Crippen LogP contribution in [0.25, 0.3) is 0 Å². The lowest BCUT2D eigenvalue weighted by Gasteiger charge is -2.48. The summed E-state index contributed by atoms with van der Waals surface area (Å²) in [6.07, 6.45) is 6.60. The first kappa shape index (κ1) is 22.4. The maximum absolute atomic E-state index is 4.70. The zero-order chi connectivity index (χ0) is 20.7. The predicted octanol–water partition coefficient (Wildman–Crippen LogP) is 4.89. The molecule has 1 aromatic rings. The second kappa shape index (κ2) is 7.51. The first-order valence-corrected chi connectivity index (χ1v) is 10.7. The van der Waals surface area contributed by atoms with Gasteiger partial charge in [0, 0.05) is 43.5 Å². The number of piperazine rings is 1. The van der Waals surface area contributed by atoms with Crippen molar-refractivity contribution in [1.82, 2.24) is 19.6 Å². The molecule has 1 aliphatic rings. The van der Waals surface area contributed by atoms with Crippen LogP contribution >= 0.6 is 0 Å². The molecule has 0 spiro atoms. The summed E-state index contributed by atoms with van der Waals surface area (Å²) in [6, 6.07) is 0. The van der Waals surface area contributed by atoms with E-state index in [2.05, 4.69) is 89.9 Å². The summed E-state index contributed by atoms with van der Waals surface area (Å²) in [5.74, 6) is 0. The molecule has 0 saturated carbocycles. The minimum atomic E-state index is 0.0357. The van der Waals surface area contributed by atoms with Crippen molar-refractivity contribution in [2.24, 2.45) is 0 Å². The lowest BCUT2D eigenvalue weighted by molar-refractivity contribution is 0.00727. The number of nitrogens with zero attached hydrogens (tertiary/aromatic N) is 4. The molecule has 1 fully saturated rings. The van der Waals surface area contributed by atoms with Gasteiger partial charge in [0.1, 0.15) is 0 Å². The molecule has 1 saturated heterocycles. The Labute approximate surface area is 168 Å². The van der Waals surface area contributed by atoms with E-state index in [4.69, 9.17) is 5.10 Å². The van der Waals surface area contributed by atoms with Crippen molar-refractivity contribution < 1.29 is 0 Å². The Hall–Kier alpha value is -0.870. The fourth-order valence-corrected chi connectivity index (χ4v) is 3.91. The first-order valence-electron chi connectivity index (χ1n) is 10.7. The highest BCUT2D eigenvalue weighted by atomic mass is 15.3. The maximum Gasteiger partial charge on any atom is 0.0572 e. The van der Waals surface area contributed by atoms with Gasteiger partial charge in [-0.25, -0.2) is 0 Å². The van der Waals surface area contributed by atoms with Gasteiger partial charge in [-0.3, -0.25) is 14.5 Å². The van der Waals surface area contributed by atoms with Gasteiger partial charge in [0.05, 0.1) is 11.7 Å². The van der Waals surface area contributed by atoms with Crippen molar-refractivity contribution in [1.29, 1.82) is 0 Å². The molecule has 0 amide bonds. The summed E-state index contributed by atoms with van der Waals surface area (Å²) in [7, 11) is 0. The zero-order valence-corrected chi connectivity index (χ0v) is 19.7. The summed E-state index contributed by atoms with van der Waals surface area (Å²) in [5.41, 5.74) is 2.01. The molecule has 4 heteroatoms. The molecule has 1 aliphatic heterocycles. The Morgan fingerprint density at radius 1 is 0.741 bits per heavy atom. The van der Waals surface area contributed by atoms with E-state index in [9.17, 15) is 0 Å². The van der Waals surface area contributed by atoms with E-state index in [1.54, 1.807) is 0 Å². The Kier molecular flexibility index (Phi) is 6.24. The molecule has 0 atom stereocenters. The van der Waals surface area contributed by atoms with Crippen molar-refractivity contribution in [3.63, 3.8) is 0 Å². The van der Waals surface area contributed by atoms with Crippen LogP contribution in [0.4, 0.5) is 0 Å². The topological polar surface area (TPSA) is 24.3 Å².